The van der Waals surface area contributed by atoms with Crippen molar-refractivity contribution in [3.05, 3.63) is 95.6 Å². The molecule has 0 aromatic heterocycles. The molecule has 3 aromatic carbocycles. The Bertz CT molecular complexity index is 1220. The summed E-state index contributed by atoms with van der Waals surface area (Å²) in [5.41, 5.74) is 1.05. The SMILES string of the molecule is COc1ccc(C(OCCS(=O)(=O)CCOP(=O)([O-])[O-])(c2ccccc2)c2ccc(OC)cc2)cc1.[Na+].[Na+]. The molecule has 38 heavy (non-hydrogen) atoms. The van der Waals surface area contributed by atoms with Crippen LogP contribution in [0, 0.1) is 0 Å². The van der Waals surface area contributed by atoms with Crippen molar-refractivity contribution in [1.82, 2.24) is 0 Å². The van der Waals surface area contributed by atoms with Gasteiger partial charge in [0.05, 0.1) is 46.8 Å². The Balaban J connectivity index is 0.00000361. The van der Waals surface area contributed by atoms with E-state index < -0.39 is 41.4 Å². The third-order valence-corrected chi connectivity index (χ3v) is 7.61. The van der Waals surface area contributed by atoms with Crippen LogP contribution in [0.25, 0.3) is 0 Å². The molecule has 0 saturated heterocycles. The quantitative estimate of drug-likeness (QED) is 0.114. The van der Waals surface area contributed by atoms with Crippen LogP contribution >= 0.6 is 7.82 Å². The van der Waals surface area contributed by atoms with Crippen LogP contribution in [0.15, 0.2) is 78.9 Å². The third kappa shape index (κ3) is 9.73. The van der Waals surface area contributed by atoms with Gasteiger partial charge in [-0.25, -0.2) is 8.42 Å². The normalized spacial score (nSPS) is 11.7. The molecule has 3 aromatic rings. The summed E-state index contributed by atoms with van der Waals surface area (Å²) in [5, 5.41) is 0. The molecule has 9 nitrogen and oxygen atoms in total. The molecule has 0 atom stereocenters. The molecular weight excluding hydrogens is 553 g/mol. The van der Waals surface area contributed by atoms with Gasteiger partial charge in [-0.05, 0) is 41.0 Å². The van der Waals surface area contributed by atoms with E-state index in [1.165, 1.54) is 0 Å². The van der Waals surface area contributed by atoms with Gasteiger partial charge in [-0.1, -0.05) is 54.6 Å². The smallest absolute Gasteiger partial charge is 0.790 e. The van der Waals surface area contributed by atoms with E-state index in [-0.39, 0.29) is 65.7 Å². The topological polar surface area (TPSA) is 134 Å². The number of phosphoric ester groups is 1. The van der Waals surface area contributed by atoms with Crippen molar-refractivity contribution in [2.45, 2.75) is 5.60 Å². The van der Waals surface area contributed by atoms with Crippen molar-refractivity contribution in [2.75, 3.05) is 38.9 Å². The minimum atomic E-state index is -5.25. The van der Waals surface area contributed by atoms with E-state index in [9.17, 15) is 22.8 Å². The molecule has 0 unspecified atom stereocenters. The van der Waals surface area contributed by atoms with E-state index in [1.807, 2.05) is 54.6 Å². The number of sulfone groups is 1. The Labute approximate surface area is 267 Å². The van der Waals surface area contributed by atoms with Gasteiger partial charge in [0, 0.05) is 0 Å². The van der Waals surface area contributed by atoms with Gasteiger partial charge in [0.2, 0.25) is 0 Å². The van der Waals surface area contributed by atoms with Crippen molar-refractivity contribution in [1.29, 1.82) is 0 Å². The molecule has 0 heterocycles. The zero-order valence-electron chi connectivity index (χ0n) is 21.9. The van der Waals surface area contributed by atoms with Crippen molar-refractivity contribution in [2.24, 2.45) is 0 Å². The monoisotopic (exact) mass is 580 g/mol. The number of rotatable bonds is 13. The van der Waals surface area contributed by atoms with Crippen LogP contribution in [0.5, 0.6) is 11.5 Å². The average molecular weight is 581 g/mol. The second-order valence-electron chi connectivity index (χ2n) is 7.78. The van der Waals surface area contributed by atoms with E-state index in [0.29, 0.717) is 11.5 Å². The van der Waals surface area contributed by atoms with Crippen molar-refractivity contribution >= 4 is 17.7 Å². The van der Waals surface area contributed by atoms with Crippen LogP contribution in [-0.4, -0.2) is 47.4 Å². The van der Waals surface area contributed by atoms with Gasteiger partial charge in [-0.2, -0.15) is 0 Å². The summed E-state index contributed by atoms with van der Waals surface area (Å²) in [5.74, 6) is 0.243. The predicted molar refractivity (Wildman–Crippen MR) is 130 cm³/mol. The maximum atomic E-state index is 12.5. The fraction of sp³-hybridized carbons (Fsp3) is 0.280. The average Bonchev–Trinajstić information content (AvgIpc) is 2.86. The summed E-state index contributed by atoms with van der Waals surface area (Å²) >= 11 is 0. The van der Waals surface area contributed by atoms with Crippen LogP contribution in [0.4, 0.5) is 0 Å². The molecule has 0 bridgehead atoms. The zero-order valence-corrected chi connectivity index (χ0v) is 27.6. The number of benzene rings is 3. The molecule has 194 valence electrons. The molecule has 3 rings (SSSR count). The summed E-state index contributed by atoms with van der Waals surface area (Å²) in [4.78, 5) is 21.3. The molecular formula is C25H27Na2O9PS. The second kappa shape index (κ2) is 15.9. The fourth-order valence-electron chi connectivity index (χ4n) is 3.77. The zero-order chi connectivity index (χ0) is 26.2. The predicted octanol–water partition coefficient (Wildman–Crippen LogP) is -3.72. The fourth-order valence-corrected chi connectivity index (χ4v) is 5.09. The number of phosphoric acid groups is 1. The Morgan fingerprint density at radius 2 is 1.13 bits per heavy atom. The van der Waals surface area contributed by atoms with Crippen LogP contribution in [0.2, 0.25) is 0 Å². The van der Waals surface area contributed by atoms with Crippen LogP contribution in [-0.2, 0) is 29.3 Å². The number of hydrogen-bond acceptors (Lipinski definition) is 9. The number of methoxy groups -OCH3 is 2. The molecule has 0 spiro atoms. The first-order chi connectivity index (χ1) is 17.1. The van der Waals surface area contributed by atoms with E-state index in [1.54, 1.807) is 38.5 Å². The third-order valence-electron chi connectivity index (χ3n) is 5.53. The molecule has 0 saturated carbocycles. The van der Waals surface area contributed by atoms with Crippen LogP contribution in [0.3, 0.4) is 0 Å². The Morgan fingerprint density at radius 1 is 0.711 bits per heavy atom. The maximum Gasteiger partial charge on any atom is 1.00 e. The van der Waals surface area contributed by atoms with E-state index in [2.05, 4.69) is 4.52 Å². The largest absolute Gasteiger partial charge is 1.00 e. The van der Waals surface area contributed by atoms with Crippen molar-refractivity contribution < 1.29 is 101 Å². The summed E-state index contributed by atoms with van der Waals surface area (Å²) in [6.07, 6.45) is 0. The van der Waals surface area contributed by atoms with Crippen molar-refractivity contribution in [3.63, 3.8) is 0 Å². The molecule has 0 N–H and O–H groups in total. The number of hydrogen-bond donors (Lipinski definition) is 0. The van der Waals surface area contributed by atoms with Crippen molar-refractivity contribution in [3.8, 4) is 11.5 Å². The number of ether oxygens (including phenoxy) is 3. The maximum absolute atomic E-state index is 12.5. The Hall–Kier alpha value is -0.720. The van der Waals surface area contributed by atoms with E-state index >= 15 is 0 Å². The molecule has 0 amide bonds. The molecule has 0 fully saturated rings. The van der Waals surface area contributed by atoms with Gasteiger partial charge in [0.25, 0.3) is 0 Å². The van der Waals surface area contributed by atoms with Gasteiger partial charge in [-0.15, -0.1) is 0 Å². The van der Waals surface area contributed by atoms with Gasteiger partial charge >= 0.3 is 59.1 Å². The van der Waals surface area contributed by atoms with Gasteiger partial charge in [0.15, 0.2) is 9.84 Å². The molecule has 0 radical (unpaired) electrons. The minimum Gasteiger partial charge on any atom is -0.790 e. The first kappa shape index (κ1) is 35.3. The first-order valence-corrected chi connectivity index (χ1v) is 14.2. The van der Waals surface area contributed by atoms with Gasteiger partial charge < -0.3 is 33.1 Å². The molecule has 0 aliphatic rings. The second-order valence-corrected chi connectivity index (χ2v) is 11.2. The summed E-state index contributed by atoms with van der Waals surface area (Å²) in [6.45, 7) is -0.963. The van der Waals surface area contributed by atoms with Gasteiger partial charge in [0.1, 0.15) is 17.1 Å². The minimum absolute atomic E-state index is 0. The standard InChI is InChI=1S/C25H29O9PS.2Na/c1-31-23-12-8-21(9-13-23)25(20-6-4-3-5-7-20,22-10-14-24(32-2)15-11-22)33-16-18-36(29,30)19-17-34-35(26,27)28;;/h3-15H,16-19H2,1-2H3,(H2,26,27,28);;/q;2*+1/p-2. The van der Waals surface area contributed by atoms with Crippen LogP contribution < -0.4 is 78.4 Å². The van der Waals surface area contributed by atoms with Gasteiger partial charge in [-0.3, -0.25) is 0 Å². The molecule has 13 heteroatoms. The van der Waals surface area contributed by atoms with E-state index in [0.717, 1.165) is 16.7 Å². The molecule has 0 aliphatic heterocycles. The Kier molecular flexibility index (Phi) is 14.8. The molecule has 0 aliphatic carbocycles. The first-order valence-electron chi connectivity index (χ1n) is 11.0. The van der Waals surface area contributed by atoms with E-state index in [4.69, 9.17) is 14.2 Å². The van der Waals surface area contributed by atoms with Crippen LogP contribution in [0.1, 0.15) is 16.7 Å². The summed E-state index contributed by atoms with van der Waals surface area (Å²) < 4.78 is 56.7. The summed E-state index contributed by atoms with van der Waals surface area (Å²) in [7, 11) is -5.91. The Morgan fingerprint density at radius 3 is 1.55 bits per heavy atom. The summed E-state index contributed by atoms with van der Waals surface area (Å²) in [6, 6.07) is 23.9.